The highest BCUT2D eigenvalue weighted by molar-refractivity contribution is 5.69. The molecule has 0 aromatic heterocycles. The van der Waals surface area contributed by atoms with Crippen molar-refractivity contribution in [1.82, 2.24) is 4.90 Å². The van der Waals surface area contributed by atoms with Gasteiger partial charge >= 0.3 is 5.97 Å². The second-order valence-corrected chi connectivity index (χ2v) is 3.73. The molecule has 1 saturated heterocycles. The van der Waals surface area contributed by atoms with Crippen LogP contribution in [-0.2, 0) is 4.79 Å². The van der Waals surface area contributed by atoms with E-state index in [0.717, 1.165) is 19.4 Å². The van der Waals surface area contributed by atoms with Gasteiger partial charge in [-0.1, -0.05) is 13.8 Å². The molecule has 1 aliphatic rings. The van der Waals surface area contributed by atoms with Gasteiger partial charge in [-0.2, -0.15) is 0 Å². The molecule has 2 atom stereocenters. The van der Waals surface area contributed by atoms with Crippen LogP contribution in [0.2, 0.25) is 0 Å². The second-order valence-electron chi connectivity index (χ2n) is 3.73. The Labute approximate surface area is 73.4 Å². The van der Waals surface area contributed by atoms with Gasteiger partial charge in [0.2, 0.25) is 0 Å². The molecular weight excluding hydrogens is 154 g/mol. The fourth-order valence-corrected chi connectivity index (χ4v) is 2.03. The molecule has 0 aromatic carbocycles. The predicted octanol–water partition coefficient (Wildman–Crippen LogP) is 1.19. The largest absolute Gasteiger partial charge is 0.480 e. The lowest BCUT2D eigenvalue weighted by Gasteiger charge is -2.20. The Kier molecular flexibility index (Phi) is 3.09. The maximum atomic E-state index is 10.5. The van der Waals surface area contributed by atoms with Gasteiger partial charge in [-0.15, -0.1) is 0 Å². The van der Waals surface area contributed by atoms with E-state index >= 15 is 0 Å². The number of rotatable bonds is 3. The van der Waals surface area contributed by atoms with Gasteiger partial charge < -0.3 is 5.11 Å². The van der Waals surface area contributed by atoms with Crippen molar-refractivity contribution < 1.29 is 9.90 Å². The molecule has 1 aliphatic heterocycles. The van der Waals surface area contributed by atoms with E-state index in [2.05, 4.69) is 18.7 Å². The summed E-state index contributed by atoms with van der Waals surface area (Å²) in [6, 6.07) is 0.496. The predicted molar refractivity (Wildman–Crippen MR) is 47.1 cm³/mol. The van der Waals surface area contributed by atoms with Gasteiger partial charge in [0.1, 0.15) is 0 Å². The summed E-state index contributed by atoms with van der Waals surface area (Å²) in [5, 5.41) is 8.63. The molecule has 1 rings (SSSR count). The summed E-state index contributed by atoms with van der Waals surface area (Å²) in [7, 11) is 0. The summed E-state index contributed by atoms with van der Waals surface area (Å²) in [4.78, 5) is 12.6. The van der Waals surface area contributed by atoms with Crippen LogP contribution < -0.4 is 0 Å². The number of likely N-dealkylation sites (tertiary alicyclic amines) is 1. The highest BCUT2D eigenvalue weighted by Gasteiger charge is 2.28. The van der Waals surface area contributed by atoms with Crippen LogP contribution in [0.4, 0.5) is 0 Å². The first kappa shape index (κ1) is 9.52. The maximum absolute atomic E-state index is 10.5. The monoisotopic (exact) mass is 171 g/mol. The fraction of sp³-hybridized carbons (Fsp3) is 0.889. The Morgan fingerprint density at radius 2 is 2.33 bits per heavy atom. The van der Waals surface area contributed by atoms with Gasteiger partial charge in [-0.25, -0.2) is 0 Å². The van der Waals surface area contributed by atoms with E-state index in [4.69, 9.17) is 5.11 Å². The standard InChI is InChI=1S/C9H17NO2/c1-3-8-4-7(2)5-10(8)6-9(11)12/h7-8H,3-6H2,1-2H3,(H,11,12). The minimum atomic E-state index is -0.706. The van der Waals surface area contributed by atoms with Crippen molar-refractivity contribution in [2.75, 3.05) is 13.1 Å². The molecule has 3 nitrogen and oxygen atoms in total. The Morgan fingerprint density at radius 1 is 1.67 bits per heavy atom. The average molecular weight is 171 g/mol. The van der Waals surface area contributed by atoms with Crippen LogP contribution in [0.3, 0.4) is 0 Å². The van der Waals surface area contributed by atoms with Crippen molar-refractivity contribution in [3.8, 4) is 0 Å². The number of carboxylic acids is 1. The van der Waals surface area contributed by atoms with Crippen LogP contribution in [0.1, 0.15) is 26.7 Å². The molecule has 1 heterocycles. The number of aliphatic carboxylic acids is 1. The highest BCUT2D eigenvalue weighted by Crippen LogP contribution is 2.24. The maximum Gasteiger partial charge on any atom is 0.317 e. The molecule has 12 heavy (non-hydrogen) atoms. The third-order valence-corrected chi connectivity index (χ3v) is 2.55. The number of carbonyl (C=O) groups is 1. The molecular formula is C9H17NO2. The SMILES string of the molecule is CCC1CC(C)CN1CC(=O)O. The van der Waals surface area contributed by atoms with Gasteiger partial charge in [0.05, 0.1) is 6.54 Å². The van der Waals surface area contributed by atoms with Crippen molar-refractivity contribution in [2.24, 2.45) is 5.92 Å². The summed E-state index contributed by atoms with van der Waals surface area (Å²) >= 11 is 0. The van der Waals surface area contributed by atoms with Crippen molar-refractivity contribution >= 4 is 5.97 Å². The first-order valence-electron chi connectivity index (χ1n) is 4.59. The summed E-state index contributed by atoms with van der Waals surface area (Å²) in [5.41, 5.74) is 0. The van der Waals surface area contributed by atoms with E-state index in [0.29, 0.717) is 12.0 Å². The Bertz CT molecular complexity index is 170. The van der Waals surface area contributed by atoms with E-state index in [9.17, 15) is 4.79 Å². The number of carboxylic acid groups (broad SMARTS) is 1. The summed E-state index contributed by atoms with van der Waals surface area (Å²) in [6.45, 7) is 5.47. The Hall–Kier alpha value is -0.570. The molecule has 0 amide bonds. The van der Waals surface area contributed by atoms with Crippen molar-refractivity contribution in [2.45, 2.75) is 32.7 Å². The minimum Gasteiger partial charge on any atom is -0.480 e. The molecule has 3 heteroatoms. The van der Waals surface area contributed by atoms with Crippen LogP contribution >= 0.6 is 0 Å². The molecule has 2 unspecified atom stereocenters. The fourth-order valence-electron chi connectivity index (χ4n) is 2.03. The molecule has 0 aliphatic carbocycles. The van der Waals surface area contributed by atoms with Crippen LogP contribution in [0, 0.1) is 5.92 Å². The van der Waals surface area contributed by atoms with Gasteiger partial charge in [-0.05, 0) is 18.8 Å². The molecule has 0 radical (unpaired) electrons. The van der Waals surface area contributed by atoms with Crippen molar-refractivity contribution in [1.29, 1.82) is 0 Å². The lowest BCUT2D eigenvalue weighted by molar-refractivity contribution is -0.138. The zero-order chi connectivity index (χ0) is 9.14. The van der Waals surface area contributed by atoms with Gasteiger partial charge in [0, 0.05) is 12.6 Å². The van der Waals surface area contributed by atoms with Crippen LogP contribution in [0.5, 0.6) is 0 Å². The van der Waals surface area contributed by atoms with Gasteiger partial charge in [-0.3, -0.25) is 9.69 Å². The smallest absolute Gasteiger partial charge is 0.317 e. The van der Waals surface area contributed by atoms with Gasteiger partial charge in [0.25, 0.3) is 0 Å². The van der Waals surface area contributed by atoms with E-state index in [1.54, 1.807) is 0 Å². The lowest BCUT2D eigenvalue weighted by Crippen LogP contribution is -2.33. The average Bonchev–Trinajstić information content (AvgIpc) is 2.29. The van der Waals surface area contributed by atoms with Crippen molar-refractivity contribution in [3.63, 3.8) is 0 Å². The number of nitrogens with zero attached hydrogens (tertiary/aromatic N) is 1. The minimum absolute atomic E-state index is 0.211. The summed E-state index contributed by atoms with van der Waals surface area (Å²) in [5.74, 6) is -0.0446. The molecule has 1 N–H and O–H groups in total. The van der Waals surface area contributed by atoms with E-state index in [1.165, 1.54) is 0 Å². The Morgan fingerprint density at radius 3 is 2.83 bits per heavy atom. The third-order valence-electron chi connectivity index (χ3n) is 2.55. The van der Waals surface area contributed by atoms with E-state index in [1.807, 2.05) is 0 Å². The molecule has 0 spiro atoms. The molecule has 70 valence electrons. The zero-order valence-corrected chi connectivity index (χ0v) is 7.79. The zero-order valence-electron chi connectivity index (χ0n) is 7.79. The van der Waals surface area contributed by atoms with Crippen LogP contribution in [0.25, 0.3) is 0 Å². The normalized spacial score (nSPS) is 30.8. The van der Waals surface area contributed by atoms with E-state index in [-0.39, 0.29) is 6.54 Å². The van der Waals surface area contributed by atoms with Gasteiger partial charge in [0.15, 0.2) is 0 Å². The van der Waals surface area contributed by atoms with Crippen LogP contribution in [-0.4, -0.2) is 35.1 Å². The topological polar surface area (TPSA) is 40.5 Å². The second kappa shape index (κ2) is 3.90. The van der Waals surface area contributed by atoms with Crippen LogP contribution in [0.15, 0.2) is 0 Å². The molecule has 0 aromatic rings. The first-order chi connectivity index (χ1) is 5.63. The van der Waals surface area contributed by atoms with Crippen molar-refractivity contribution in [3.05, 3.63) is 0 Å². The first-order valence-corrected chi connectivity index (χ1v) is 4.59. The highest BCUT2D eigenvalue weighted by atomic mass is 16.4. The Balaban J connectivity index is 2.46. The molecule has 0 saturated carbocycles. The quantitative estimate of drug-likeness (QED) is 0.693. The summed E-state index contributed by atoms with van der Waals surface area (Å²) in [6.07, 6.45) is 2.22. The lowest BCUT2D eigenvalue weighted by atomic mass is 10.1. The van der Waals surface area contributed by atoms with E-state index < -0.39 is 5.97 Å². The summed E-state index contributed by atoms with van der Waals surface area (Å²) < 4.78 is 0. The number of hydrogen-bond acceptors (Lipinski definition) is 2. The molecule has 0 bridgehead atoms. The number of hydrogen-bond donors (Lipinski definition) is 1. The molecule has 1 fully saturated rings. The third kappa shape index (κ3) is 2.21.